The molecule has 2 aromatic rings. The summed E-state index contributed by atoms with van der Waals surface area (Å²) in [5.41, 5.74) is 6.99. The van der Waals surface area contributed by atoms with Gasteiger partial charge in [-0.05, 0) is 49.4 Å². The van der Waals surface area contributed by atoms with Crippen molar-refractivity contribution >= 4 is 43.1 Å². The van der Waals surface area contributed by atoms with Crippen LogP contribution >= 0.6 is 11.8 Å². The highest BCUT2D eigenvalue weighted by atomic mass is 32.2. The molecule has 5 N–H and O–H groups in total. The number of hydrogen-bond acceptors (Lipinski definition) is 8. The molecule has 1 aliphatic carbocycles. The SMILES string of the molecule is C[C@H]1CN(c2cc(S(=O)(=O)NC3(C)CC3)cn3c(C(=N)SC(=N)C(F)F)ncc23)C[C@H](C)C1N. The van der Waals surface area contributed by atoms with Crippen LogP contribution in [-0.2, 0) is 10.0 Å². The molecule has 13 heteroatoms. The highest BCUT2D eigenvalue weighted by Gasteiger charge is 2.41. The van der Waals surface area contributed by atoms with E-state index >= 15 is 0 Å². The zero-order valence-corrected chi connectivity index (χ0v) is 20.8. The Morgan fingerprint density at radius 2 is 1.91 bits per heavy atom. The van der Waals surface area contributed by atoms with Gasteiger partial charge in [-0.2, -0.15) is 0 Å². The molecule has 0 radical (unpaired) electrons. The Balaban J connectivity index is 1.82. The second-order valence-electron chi connectivity index (χ2n) is 9.60. The van der Waals surface area contributed by atoms with Gasteiger partial charge >= 0.3 is 0 Å². The van der Waals surface area contributed by atoms with Crippen LogP contribution in [0.4, 0.5) is 14.5 Å². The number of pyridine rings is 1. The molecule has 2 aromatic heterocycles. The van der Waals surface area contributed by atoms with Gasteiger partial charge in [0, 0.05) is 30.9 Å². The maximum atomic E-state index is 13.2. The third kappa shape index (κ3) is 4.83. The van der Waals surface area contributed by atoms with Crippen molar-refractivity contribution < 1.29 is 17.2 Å². The van der Waals surface area contributed by atoms with Gasteiger partial charge in [0.1, 0.15) is 15.0 Å². The fourth-order valence-corrected chi connectivity index (χ4v) is 6.30. The number of anilines is 1. The standard InChI is InChI=1S/C21H29F2N7O2S2/c1-11-8-29(9-12(2)16(11)24)14-6-13(34(31,32)28-21(3)4-5-21)10-30-15(14)7-27-20(30)19(26)33-18(25)17(22)23/h6-7,10-12,16-17,25-26,28H,4-5,8-9,24H2,1-3H3/t11-,12-/m0/s1. The lowest BCUT2D eigenvalue weighted by molar-refractivity contribution is 0.228. The number of halogens is 2. The van der Waals surface area contributed by atoms with E-state index in [1.54, 1.807) is 6.07 Å². The van der Waals surface area contributed by atoms with Crippen molar-refractivity contribution in [2.45, 2.75) is 56.5 Å². The molecular weight excluding hydrogens is 484 g/mol. The highest BCUT2D eigenvalue weighted by Crippen LogP contribution is 2.37. The van der Waals surface area contributed by atoms with E-state index in [-0.39, 0.29) is 33.6 Å². The number of thioether (sulfide) groups is 1. The molecule has 9 nitrogen and oxygen atoms in total. The van der Waals surface area contributed by atoms with E-state index in [9.17, 15) is 17.2 Å². The molecule has 34 heavy (non-hydrogen) atoms. The number of hydrogen-bond donors (Lipinski definition) is 4. The van der Waals surface area contributed by atoms with Gasteiger partial charge in [0.25, 0.3) is 6.43 Å². The maximum Gasteiger partial charge on any atom is 0.285 e. The van der Waals surface area contributed by atoms with Gasteiger partial charge in [-0.1, -0.05) is 13.8 Å². The minimum Gasteiger partial charge on any atom is -0.369 e. The first kappa shape index (κ1) is 25.0. The van der Waals surface area contributed by atoms with Crippen molar-refractivity contribution in [2.24, 2.45) is 17.6 Å². The summed E-state index contributed by atoms with van der Waals surface area (Å²) < 4.78 is 56.4. The van der Waals surface area contributed by atoms with E-state index in [1.165, 1.54) is 16.8 Å². The van der Waals surface area contributed by atoms with Crippen molar-refractivity contribution in [3.63, 3.8) is 0 Å². The molecule has 0 bridgehead atoms. The predicted molar refractivity (Wildman–Crippen MR) is 130 cm³/mol. The van der Waals surface area contributed by atoms with Gasteiger partial charge < -0.3 is 10.6 Å². The Hall–Kier alpha value is -2.09. The molecule has 0 aromatic carbocycles. The summed E-state index contributed by atoms with van der Waals surface area (Å²) in [7, 11) is -3.89. The minimum atomic E-state index is -3.89. The molecule has 1 saturated carbocycles. The number of imidazole rings is 1. The zero-order chi connectivity index (χ0) is 25.0. The quantitative estimate of drug-likeness (QED) is 0.346. The second-order valence-corrected chi connectivity index (χ2v) is 12.3. The summed E-state index contributed by atoms with van der Waals surface area (Å²) in [6, 6.07) is 1.62. The molecule has 3 heterocycles. The fourth-order valence-electron chi connectivity index (χ4n) is 4.27. The summed E-state index contributed by atoms with van der Waals surface area (Å²) in [5, 5.41) is 14.3. The van der Waals surface area contributed by atoms with Crippen LogP contribution in [0, 0.1) is 22.7 Å². The molecule has 186 valence electrons. The van der Waals surface area contributed by atoms with Crippen LogP contribution in [0.15, 0.2) is 23.4 Å². The normalized spacial score (nSPS) is 23.0. The Bertz CT molecular complexity index is 1230. The van der Waals surface area contributed by atoms with E-state index < -0.39 is 27.0 Å². The molecule has 4 rings (SSSR count). The van der Waals surface area contributed by atoms with E-state index in [1.807, 2.05) is 20.8 Å². The summed E-state index contributed by atoms with van der Waals surface area (Å²) in [6.45, 7) is 7.15. The summed E-state index contributed by atoms with van der Waals surface area (Å²) in [4.78, 5) is 6.30. The average Bonchev–Trinajstić information content (AvgIpc) is 3.30. The predicted octanol–water partition coefficient (Wildman–Crippen LogP) is 2.89. The fraction of sp³-hybridized carbons (Fsp3) is 0.571. The summed E-state index contributed by atoms with van der Waals surface area (Å²) in [6.07, 6.45) is 1.34. The number of nitrogens with two attached hydrogens (primary N) is 1. The Morgan fingerprint density at radius 1 is 1.29 bits per heavy atom. The third-order valence-corrected chi connectivity index (χ3v) is 8.96. The largest absolute Gasteiger partial charge is 0.369 e. The molecule has 2 fully saturated rings. The number of nitrogens with zero attached hydrogens (tertiary/aromatic N) is 3. The van der Waals surface area contributed by atoms with Crippen molar-refractivity contribution in [3.8, 4) is 0 Å². The number of nitrogens with one attached hydrogen (secondary N) is 3. The van der Waals surface area contributed by atoms with Crippen LogP contribution < -0.4 is 15.4 Å². The van der Waals surface area contributed by atoms with Crippen molar-refractivity contribution in [1.29, 1.82) is 10.8 Å². The van der Waals surface area contributed by atoms with Crippen LogP contribution in [0.5, 0.6) is 0 Å². The lowest BCUT2D eigenvalue weighted by Gasteiger charge is -2.41. The molecule has 2 atom stereocenters. The van der Waals surface area contributed by atoms with Gasteiger partial charge in [-0.25, -0.2) is 26.9 Å². The van der Waals surface area contributed by atoms with Gasteiger partial charge in [0.2, 0.25) is 10.0 Å². The van der Waals surface area contributed by atoms with Gasteiger partial charge in [-0.15, -0.1) is 0 Å². The Morgan fingerprint density at radius 3 is 2.47 bits per heavy atom. The van der Waals surface area contributed by atoms with Crippen molar-refractivity contribution in [2.75, 3.05) is 18.0 Å². The Labute approximate surface area is 201 Å². The maximum absolute atomic E-state index is 13.2. The first-order valence-corrected chi connectivity index (χ1v) is 13.3. The Kier molecular flexibility index (Phi) is 6.51. The summed E-state index contributed by atoms with van der Waals surface area (Å²) in [5.74, 6) is 0.321. The highest BCUT2D eigenvalue weighted by molar-refractivity contribution is 8.26. The topological polar surface area (TPSA) is 140 Å². The molecule has 2 aliphatic rings. The van der Waals surface area contributed by atoms with E-state index in [0.29, 0.717) is 36.1 Å². The second kappa shape index (κ2) is 8.85. The van der Waals surface area contributed by atoms with Crippen LogP contribution in [0.3, 0.4) is 0 Å². The third-order valence-electron chi connectivity index (χ3n) is 6.57. The smallest absolute Gasteiger partial charge is 0.285 e. The first-order valence-electron chi connectivity index (χ1n) is 11.0. The van der Waals surface area contributed by atoms with Crippen molar-refractivity contribution in [1.82, 2.24) is 14.1 Å². The summed E-state index contributed by atoms with van der Waals surface area (Å²) >= 11 is 0.294. The zero-order valence-electron chi connectivity index (χ0n) is 19.2. The van der Waals surface area contributed by atoms with Crippen LogP contribution in [0.2, 0.25) is 0 Å². The molecule has 1 saturated heterocycles. The molecule has 1 aliphatic heterocycles. The molecule has 0 unspecified atom stereocenters. The average molecular weight is 514 g/mol. The van der Waals surface area contributed by atoms with Crippen LogP contribution in [-0.4, -0.2) is 59.0 Å². The van der Waals surface area contributed by atoms with E-state index in [4.69, 9.17) is 16.6 Å². The van der Waals surface area contributed by atoms with Crippen LogP contribution in [0.1, 0.15) is 39.4 Å². The number of piperidine rings is 1. The van der Waals surface area contributed by atoms with Gasteiger partial charge in [0.15, 0.2) is 5.82 Å². The van der Waals surface area contributed by atoms with Crippen LogP contribution in [0.25, 0.3) is 5.52 Å². The monoisotopic (exact) mass is 513 g/mol. The first-order chi connectivity index (χ1) is 15.8. The number of sulfonamides is 1. The lowest BCUT2D eigenvalue weighted by Crippen LogP contribution is -2.51. The molecule has 0 amide bonds. The number of rotatable bonds is 6. The number of fused-ring (bicyclic) bond motifs is 1. The minimum absolute atomic E-state index is 0.000658. The lowest BCUT2D eigenvalue weighted by atomic mass is 9.86. The van der Waals surface area contributed by atoms with E-state index in [0.717, 1.165) is 12.8 Å². The number of aromatic nitrogens is 2. The van der Waals surface area contributed by atoms with Gasteiger partial charge in [-0.3, -0.25) is 15.2 Å². The molecular formula is C21H29F2N7O2S2. The number of alkyl halides is 2. The molecule has 0 spiro atoms. The van der Waals surface area contributed by atoms with E-state index in [2.05, 4.69) is 14.6 Å². The van der Waals surface area contributed by atoms with Crippen molar-refractivity contribution in [3.05, 3.63) is 24.3 Å². The van der Waals surface area contributed by atoms with Gasteiger partial charge in [0.05, 0.1) is 17.4 Å².